The van der Waals surface area contributed by atoms with Gasteiger partial charge in [0.1, 0.15) is 22.9 Å². The summed E-state index contributed by atoms with van der Waals surface area (Å²) in [6.45, 7) is 8.62. The molecule has 3 aromatic carbocycles. The summed E-state index contributed by atoms with van der Waals surface area (Å²) >= 11 is 0. The number of hydrogen-bond donors (Lipinski definition) is 2. The maximum atomic E-state index is 14.0. The molecular formula is C31H33FN6O2S. The van der Waals surface area contributed by atoms with Gasteiger partial charge >= 0.3 is 0 Å². The van der Waals surface area contributed by atoms with Crippen LogP contribution >= 0.6 is 0 Å². The molecule has 2 N–H and O–H groups in total. The smallest absolute Gasteiger partial charge is 0.264 e. The molecule has 0 fully saturated rings. The highest BCUT2D eigenvalue weighted by atomic mass is 32.2. The molecule has 0 aliphatic heterocycles. The van der Waals surface area contributed by atoms with Crippen LogP contribution in [-0.4, -0.2) is 47.5 Å². The molecule has 0 aliphatic rings. The van der Waals surface area contributed by atoms with Crippen LogP contribution in [0.2, 0.25) is 0 Å². The molecule has 2 aromatic heterocycles. The average Bonchev–Trinajstić information content (AvgIpc) is 3.38. The van der Waals surface area contributed by atoms with Crippen LogP contribution < -0.4 is 10.0 Å². The standard InChI is InChI=1S/C31H33FN6O2S/c1-3-37(4-2)17-7-18-38-19-16-24-20-23(10-15-29(24)38)28-21-31(34-22-33-28)35-25-11-13-26(14-12-25)36-41(39,40)30-9-6-5-8-27(30)32/h5-6,8-16,19-22,36H,3-4,7,17-18H2,1-2H3,(H,33,34,35). The van der Waals surface area contributed by atoms with Gasteiger partial charge in [-0.2, -0.15) is 0 Å². The van der Waals surface area contributed by atoms with Crippen LogP contribution in [0.3, 0.4) is 0 Å². The van der Waals surface area contributed by atoms with Gasteiger partial charge in [0.2, 0.25) is 0 Å². The highest BCUT2D eigenvalue weighted by Crippen LogP contribution is 2.27. The van der Waals surface area contributed by atoms with Crippen molar-refractivity contribution in [2.24, 2.45) is 0 Å². The lowest BCUT2D eigenvalue weighted by atomic mass is 10.1. The van der Waals surface area contributed by atoms with E-state index in [9.17, 15) is 12.8 Å². The van der Waals surface area contributed by atoms with Gasteiger partial charge in [-0.25, -0.2) is 22.8 Å². The Kier molecular flexibility index (Phi) is 8.61. The van der Waals surface area contributed by atoms with Crippen LogP contribution in [0, 0.1) is 5.82 Å². The Balaban J connectivity index is 1.25. The second-order valence-electron chi connectivity index (χ2n) is 9.69. The Hall–Kier alpha value is -4.28. The molecule has 0 saturated heterocycles. The topological polar surface area (TPSA) is 92.2 Å². The van der Waals surface area contributed by atoms with Crippen molar-refractivity contribution in [1.29, 1.82) is 0 Å². The lowest BCUT2D eigenvalue weighted by Crippen LogP contribution is -2.24. The number of sulfonamides is 1. The third kappa shape index (κ3) is 6.72. The van der Waals surface area contributed by atoms with Gasteiger partial charge in [-0.1, -0.05) is 32.0 Å². The number of halogens is 1. The van der Waals surface area contributed by atoms with Crippen molar-refractivity contribution in [1.82, 2.24) is 19.4 Å². The number of anilines is 3. The Bertz CT molecular complexity index is 1730. The van der Waals surface area contributed by atoms with Gasteiger partial charge in [0, 0.05) is 46.6 Å². The lowest BCUT2D eigenvalue weighted by molar-refractivity contribution is 0.294. The molecule has 10 heteroatoms. The highest BCUT2D eigenvalue weighted by molar-refractivity contribution is 7.92. The summed E-state index contributed by atoms with van der Waals surface area (Å²) in [6, 6.07) is 22.3. The third-order valence-electron chi connectivity index (χ3n) is 7.04. The molecule has 2 heterocycles. The summed E-state index contributed by atoms with van der Waals surface area (Å²) in [5, 5.41) is 4.39. The zero-order chi connectivity index (χ0) is 28.8. The Morgan fingerprint density at radius 3 is 2.41 bits per heavy atom. The summed E-state index contributed by atoms with van der Waals surface area (Å²) in [6.07, 6.45) is 4.76. The van der Waals surface area contributed by atoms with E-state index in [4.69, 9.17) is 0 Å². The first-order valence-corrected chi connectivity index (χ1v) is 15.1. The number of hydrogen-bond acceptors (Lipinski definition) is 6. The minimum Gasteiger partial charge on any atom is -0.347 e. The Morgan fingerprint density at radius 1 is 0.902 bits per heavy atom. The normalized spacial score (nSPS) is 11.7. The average molecular weight is 573 g/mol. The minimum absolute atomic E-state index is 0.315. The fraction of sp³-hybridized carbons (Fsp3) is 0.226. The number of rotatable bonds is 12. The molecular weight excluding hydrogens is 539 g/mol. The van der Waals surface area contributed by atoms with Gasteiger partial charge in [0.15, 0.2) is 0 Å². The van der Waals surface area contributed by atoms with Crippen molar-refractivity contribution in [3.05, 3.63) is 97.2 Å². The maximum Gasteiger partial charge on any atom is 0.264 e. The Morgan fingerprint density at radius 2 is 1.66 bits per heavy atom. The molecule has 5 aromatic rings. The first-order chi connectivity index (χ1) is 19.9. The van der Waals surface area contributed by atoms with Crippen LogP contribution in [0.1, 0.15) is 20.3 Å². The van der Waals surface area contributed by atoms with Crippen LogP contribution in [0.4, 0.5) is 21.6 Å². The molecule has 8 nitrogen and oxygen atoms in total. The van der Waals surface area contributed by atoms with Crippen LogP contribution in [0.25, 0.3) is 22.2 Å². The van der Waals surface area contributed by atoms with E-state index < -0.39 is 20.7 Å². The van der Waals surface area contributed by atoms with Crippen molar-refractivity contribution in [2.45, 2.75) is 31.7 Å². The van der Waals surface area contributed by atoms with Crippen molar-refractivity contribution < 1.29 is 12.8 Å². The Labute approximate surface area is 239 Å². The molecule has 0 radical (unpaired) electrons. The van der Waals surface area contributed by atoms with Crippen molar-refractivity contribution in [2.75, 3.05) is 29.7 Å². The fourth-order valence-electron chi connectivity index (χ4n) is 4.78. The summed E-state index contributed by atoms with van der Waals surface area (Å²) < 4.78 is 43.8. The molecule has 0 spiro atoms. The van der Waals surface area contributed by atoms with Crippen LogP contribution in [-0.2, 0) is 16.6 Å². The third-order valence-corrected chi connectivity index (χ3v) is 8.45. The zero-order valence-electron chi connectivity index (χ0n) is 23.1. The lowest BCUT2D eigenvalue weighted by Gasteiger charge is -2.18. The fourth-order valence-corrected chi connectivity index (χ4v) is 5.92. The molecule has 0 bridgehead atoms. The predicted octanol–water partition coefficient (Wildman–Crippen LogP) is 6.51. The van der Waals surface area contributed by atoms with E-state index in [1.54, 1.807) is 24.3 Å². The summed E-state index contributed by atoms with van der Waals surface area (Å²) in [4.78, 5) is 10.8. The van der Waals surface area contributed by atoms with E-state index in [2.05, 4.69) is 73.8 Å². The van der Waals surface area contributed by atoms with E-state index >= 15 is 0 Å². The van der Waals surface area contributed by atoms with Gasteiger partial charge < -0.3 is 14.8 Å². The number of aromatic nitrogens is 3. The summed E-state index contributed by atoms with van der Waals surface area (Å²) in [5.74, 6) is -0.204. The number of nitrogens with zero attached hydrogens (tertiary/aromatic N) is 4. The number of fused-ring (bicyclic) bond motifs is 1. The van der Waals surface area contributed by atoms with E-state index in [1.807, 2.05) is 6.07 Å². The van der Waals surface area contributed by atoms with Crippen molar-refractivity contribution in [3.63, 3.8) is 0 Å². The first kappa shape index (κ1) is 28.3. The van der Waals surface area contributed by atoms with Crippen LogP contribution in [0.5, 0.6) is 0 Å². The van der Waals surface area contributed by atoms with Gasteiger partial charge in [0.05, 0.1) is 5.69 Å². The quantitative estimate of drug-likeness (QED) is 0.177. The van der Waals surface area contributed by atoms with Gasteiger partial charge in [-0.15, -0.1) is 0 Å². The van der Waals surface area contributed by atoms with Gasteiger partial charge in [-0.05, 0) is 80.7 Å². The molecule has 212 valence electrons. The van der Waals surface area contributed by atoms with Crippen molar-refractivity contribution >= 4 is 38.1 Å². The number of aryl methyl sites for hydroxylation is 1. The largest absolute Gasteiger partial charge is 0.347 e. The summed E-state index contributed by atoms with van der Waals surface area (Å²) in [7, 11) is -4.05. The first-order valence-electron chi connectivity index (χ1n) is 13.6. The van der Waals surface area contributed by atoms with Crippen LogP contribution in [0.15, 0.2) is 96.3 Å². The predicted molar refractivity (Wildman–Crippen MR) is 162 cm³/mol. The van der Waals surface area contributed by atoms with Gasteiger partial charge in [-0.3, -0.25) is 4.72 Å². The monoisotopic (exact) mass is 572 g/mol. The van der Waals surface area contributed by atoms with E-state index in [1.165, 1.54) is 30.0 Å². The molecule has 0 aliphatic carbocycles. The second-order valence-corrected chi connectivity index (χ2v) is 11.3. The zero-order valence-corrected chi connectivity index (χ0v) is 23.9. The van der Waals surface area contributed by atoms with E-state index in [0.29, 0.717) is 17.2 Å². The molecule has 41 heavy (non-hydrogen) atoms. The number of benzene rings is 3. The molecule has 5 rings (SSSR count). The molecule has 0 atom stereocenters. The van der Waals surface area contributed by atoms with Crippen molar-refractivity contribution in [3.8, 4) is 11.3 Å². The second kappa shape index (κ2) is 12.5. The minimum atomic E-state index is -4.05. The number of nitrogens with one attached hydrogen (secondary N) is 2. The highest BCUT2D eigenvalue weighted by Gasteiger charge is 2.18. The molecule has 0 saturated carbocycles. The van der Waals surface area contributed by atoms with Gasteiger partial charge in [0.25, 0.3) is 10.0 Å². The van der Waals surface area contributed by atoms with E-state index in [0.717, 1.165) is 55.3 Å². The SMILES string of the molecule is CCN(CC)CCCn1ccc2cc(-c3cc(Nc4ccc(NS(=O)(=O)c5ccccc5F)cc4)ncn3)ccc21. The summed E-state index contributed by atoms with van der Waals surface area (Å²) in [5.41, 5.74) is 4.00. The molecule has 0 unspecified atom stereocenters. The molecule has 0 amide bonds. The maximum absolute atomic E-state index is 14.0. The van der Waals surface area contributed by atoms with E-state index in [-0.39, 0.29) is 0 Å².